The van der Waals surface area contributed by atoms with Gasteiger partial charge in [0.15, 0.2) is 0 Å². The molecule has 1 amide bonds. The molecule has 0 aromatic rings. The molecule has 0 aromatic carbocycles. The number of methoxy groups -OCH3 is 1. The molecular weight excluding hydrogens is 180 g/mol. The van der Waals surface area contributed by atoms with Gasteiger partial charge in [0.05, 0.1) is 5.54 Å². The van der Waals surface area contributed by atoms with Crippen molar-refractivity contribution in [2.75, 3.05) is 27.3 Å². The van der Waals surface area contributed by atoms with Crippen molar-refractivity contribution in [2.24, 2.45) is 5.73 Å². The fourth-order valence-electron chi connectivity index (χ4n) is 1.70. The van der Waals surface area contributed by atoms with Crippen molar-refractivity contribution >= 4 is 5.91 Å². The number of carbonyl (C=O) groups excluding carboxylic acids is 1. The fraction of sp³-hybridized carbons (Fsp3) is 0.900. The standard InChI is InChI=1S/C10H20N2O2/c1-12(7-4-8-14-2)9(13)10(11)5-3-6-10/h3-8,11H2,1-2H3. The van der Waals surface area contributed by atoms with E-state index in [0.717, 1.165) is 32.2 Å². The minimum Gasteiger partial charge on any atom is -0.385 e. The van der Waals surface area contributed by atoms with Crippen LogP contribution in [0.3, 0.4) is 0 Å². The van der Waals surface area contributed by atoms with Crippen LogP contribution in [0.4, 0.5) is 0 Å². The van der Waals surface area contributed by atoms with Crippen LogP contribution in [0.15, 0.2) is 0 Å². The Hall–Kier alpha value is -0.610. The first kappa shape index (κ1) is 11.5. The summed E-state index contributed by atoms with van der Waals surface area (Å²) < 4.78 is 4.93. The number of hydrogen-bond acceptors (Lipinski definition) is 3. The van der Waals surface area contributed by atoms with Crippen LogP contribution in [0.2, 0.25) is 0 Å². The van der Waals surface area contributed by atoms with E-state index in [2.05, 4.69) is 0 Å². The molecule has 1 fully saturated rings. The molecule has 1 saturated carbocycles. The average Bonchev–Trinajstić information content (AvgIpc) is 2.13. The highest BCUT2D eigenvalue weighted by molar-refractivity contribution is 5.86. The maximum atomic E-state index is 11.8. The van der Waals surface area contributed by atoms with Gasteiger partial charge >= 0.3 is 0 Å². The summed E-state index contributed by atoms with van der Waals surface area (Å²) in [7, 11) is 3.48. The van der Waals surface area contributed by atoms with Gasteiger partial charge in [-0.05, 0) is 25.7 Å². The van der Waals surface area contributed by atoms with Gasteiger partial charge in [-0.15, -0.1) is 0 Å². The Bertz CT molecular complexity index is 202. The summed E-state index contributed by atoms with van der Waals surface area (Å²) in [5.41, 5.74) is 5.38. The number of amides is 1. The van der Waals surface area contributed by atoms with Crippen molar-refractivity contribution < 1.29 is 9.53 Å². The van der Waals surface area contributed by atoms with Crippen LogP contribution in [0.25, 0.3) is 0 Å². The largest absolute Gasteiger partial charge is 0.385 e. The van der Waals surface area contributed by atoms with Crippen LogP contribution in [-0.2, 0) is 9.53 Å². The first-order chi connectivity index (χ1) is 6.60. The number of likely N-dealkylation sites (N-methyl/N-ethyl adjacent to an activating group) is 1. The molecule has 4 heteroatoms. The maximum absolute atomic E-state index is 11.8. The predicted molar refractivity (Wildman–Crippen MR) is 54.9 cm³/mol. The van der Waals surface area contributed by atoms with Crippen molar-refractivity contribution in [3.05, 3.63) is 0 Å². The van der Waals surface area contributed by atoms with E-state index in [0.29, 0.717) is 6.61 Å². The molecule has 1 aliphatic carbocycles. The third kappa shape index (κ3) is 2.45. The first-order valence-electron chi connectivity index (χ1n) is 5.13. The van der Waals surface area contributed by atoms with E-state index < -0.39 is 5.54 Å². The van der Waals surface area contributed by atoms with Crippen molar-refractivity contribution in [1.29, 1.82) is 0 Å². The Morgan fingerprint density at radius 2 is 2.21 bits per heavy atom. The van der Waals surface area contributed by atoms with Crippen LogP contribution in [0.1, 0.15) is 25.7 Å². The monoisotopic (exact) mass is 200 g/mol. The van der Waals surface area contributed by atoms with Gasteiger partial charge in [-0.2, -0.15) is 0 Å². The minimum atomic E-state index is -0.554. The zero-order valence-electron chi connectivity index (χ0n) is 9.08. The average molecular weight is 200 g/mol. The summed E-state index contributed by atoms with van der Waals surface area (Å²) in [5, 5.41) is 0. The lowest BCUT2D eigenvalue weighted by atomic mass is 9.76. The molecule has 0 radical (unpaired) electrons. The lowest BCUT2D eigenvalue weighted by Crippen LogP contribution is -2.58. The summed E-state index contributed by atoms with van der Waals surface area (Å²) in [5.74, 6) is 0.0832. The molecule has 4 nitrogen and oxygen atoms in total. The molecule has 82 valence electrons. The smallest absolute Gasteiger partial charge is 0.242 e. The number of hydrogen-bond donors (Lipinski definition) is 1. The quantitative estimate of drug-likeness (QED) is 0.652. The highest BCUT2D eigenvalue weighted by Crippen LogP contribution is 2.30. The third-order valence-corrected chi connectivity index (χ3v) is 2.86. The van der Waals surface area contributed by atoms with E-state index in [4.69, 9.17) is 10.5 Å². The van der Waals surface area contributed by atoms with Crippen LogP contribution in [-0.4, -0.2) is 43.7 Å². The maximum Gasteiger partial charge on any atom is 0.242 e. The Kier molecular flexibility index (Phi) is 3.89. The molecular formula is C10H20N2O2. The van der Waals surface area contributed by atoms with Gasteiger partial charge < -0.3 is 15.4 Å². The van der Waals surface area contributed by atoms with E-state index in [9.17, 15) is 4.79 Å². The Morgan fingerprint density at radius 1 is 1.57 bits per heavy atom. The normalized spacial score (nSPS) is 18.8. The lowest BCUT2D eigenvalue weighted by Gasteiger charge is -2.39. The van der Waals surface area contributed by atoms with E-state index in [1.165, 1.54) is 0 Å². The number of nitrogens with two attached hydrogens (primary N) is 1. The van der Waals surface area contributed by atoms with E-state index in [-0.39, 0.29) is 5.91 Å². The lowest BCUT2D eigenvalue weighted by molar-refractivity contribution is -0.138. The molecule has 0 aromatic heterocycles. The Balaban J connectivity index is 2.29. The summed E-state index contributed by atoms with van der Waals surface area (Å²) in [6.45, 7) is 1.42. The van der Waals surface area contributed by atoms with E-state index in [1.54, 1.807) is 12.0 Å². The second-order valence-corrected chi connectivity index (χ2v) is 4.08. The number of ether oxygens (including phenoxy) is 1. The highest BCUT2D eigenvalue weighted by atomic mass is 16.5. The van der Waals surface area contributed by atoms with Crippen molar-refractivity contribution in [1.82, 2.24) is 4.90 Å². The molecule has 0 atom stereocenters. The van der Waals surface area contributed by atoms with Crippen LogP contribution < -0.4 is 5.73 Å². The van der Waals surface area contributed by atoms with Gasteiger partial charge in [-0.3, -0.25) is 4.79 Å². The molecule has 0 spiro atoms. The molecule has 0 aliphatic heterocycles. The molecule has 1 rings (SSSR count). The van der Waals surface area contributed by atoms with Crippen molar-refractivity contribution in [2.45, 2.75) is 31.2 Å². The summed E-state index contributed by atoms with van der Waals surface area (Å²) in [6, 6.07) is 0. The van der Waals surface area contributed by atoms with E-state index >= 15 is 0 Å². The number of carbonyl (C=O) groups is 1. The molecule has 2 N–H and O–H groups in total. The van der Waals surface area contributed by atoms with Gasteiger partial charge in [0.25, 0.3) is 0 Å². The van der Waals surface area contributed by atoms with Gasteiger partial charge in [0.2, 0.25) is 5.91 Å². The minimum absolute atomic E-state index is 0.0832. The molecule has 14 heavy (non-hydrogen) atoms. The topological polar surface area (TPSA) is 55.6 Å². The number of nitrogens with zero attached hydrogens (tertiary/aromatic N) is 1. The predicted octanol–water partition coefficient (Wildman–Crippen LogP) is 0.363. The second-order valence-electron chi connectivity index (χ2n) is 4.08. The zero-order valence-corrected chi connectivity index (χ0v) is 9.08. The van der Waals surface area contributed by atoms with Gasteiger partial charge in [0, 0.05) is 27.3 Å². The third-order valence-electron chi connectivity index (χ3n) is 2.86. The zero-order chi connectivity index (χ0) is 10.6. The van der Waals surface area contributed by atoms with Crippen LogP contribution in [0.5, 0.6) is 0 Å². The summed E-state index contributed by atoms with van der Waals surface area (Å²) in [6.07, 6.45) is 3.61. The van der Waals surface area contributed by atoms with Crippen molar-refractivity contribution in [3.8, 4) is 0 Å². The molecule has 0 bridgehead atoms. The molecule has 1 aliphatic rings. The Labute approximate surface area is 85.4 Å². The highest BCUT2D eigenvalue weighted by Gasteiger charge is 2.41. The first-order valence-corrected chi connectivity index (χ1v) is 5.13. The summed E-state index contributed by atoms with van der Waals surface area (Å²) in [4.78, 5) is 13.5. The second kappa shape index (κ2) is 4.75. The SMILES string of the molecule is COCCCN(C)C(=O)C1(N)CCC1. The summed E-state index contributed by atoms with van der Waals surface area (Å²) >= 11 is 0. The number of rotatable bonds is 5. The fourth-order valence-corrected chi connectivity index (χ4v) is 1.70. The molecule has 0 saturated heterocycles. The Morgan fingerprint density at radius 3 is 2.64 bits per heavy atom. The van der Waals surface area contributed by atoms with E-state index in [1.807, 2.05) is 7.05 Å². The molecule has 0 unspecified atom stereocenters. The van der Waals surface area contributed by atoms with Crippen LogP contribution >= 0.6 is 0 Å². The molecule has 0 heterocycles. The van der Waals surface area contributed by atoms with Gasteiger partial charge in [0.1, 0.15) is 0 Å². The van der Waals surface area contributed by atoms with Crippen LogP contribution in [0, 0.1) is 0 Å². The van der Waals surface area contributed by atoms with Gasteiger partial charge in [-0.25, -0.2) is 0 Å². The van der Waals surface area contributed by atoms with Gasteiger partial charge in [-0.1, -0.05) is 0 Å². The van der Waals surface area contributed by atoms with Crippen molar-refractivity contribution in [3.63, 3.8) is 0 Å².